The number of aromatic nitrogens is 2. The molecular weight excluding hydrogens is 408 g/mol. The van der Waals surface area contributed by atoms with Crippen molar-refractivity contribution in [2.24, 2.45) is 5.10 Å². The van der Waals surface area contributed by atoms with Crippen LogP contribution in [0.1, 0.15) is 30.5 Å². The standard InChI is InChI=1S/C21H19ClN4O4/c1-2-30-17-6-4-3-5-14(17)15-11-16(25-24-15)18-19(27)23-21(29)26(20(18)28)13-9-7-12(22)8-10-13/h3-10,15,24,28H,2,11H2,1H3,(H,23,27,29). The minimum absolute atomic E-state index is 0.0616. The second-order valence-corrected chi connectivity index (χ2v) is 7.12. The smallest absolute Gasteiger partial charge is 0.335 e. The largest absolute Gasteiger partial charge is 0.494 e. The first-order chi connectivity index (χ1) is 14.5. The third-order valence-corrected chi connectivity index (χ3v) is 5.06. The lowest BCUT2D eigenvalue weighted by Gasteiger charge is -2.15. The Balaban J connectivity index is 1.72. The van der Waals surface area contributed by atoms with E-state index < -0.39 is 17.1 Å². The van der Waals surface area contributed by atoms with Gasteiger partial charge in [0.2, 0.25) is 5.88 Å². The maximum Gasteiger partial charge on any atom is 0.335 e. The van der Waals surface area contributed by atoms with Crippen molar-refractivity contribution in [3.8, 4) is 17.3 Å². The van der Waals surface area contributed by atoms with Crippen LogP contribution in [0.2, 0.25) is 5.02 Å². The van der Waals surface area contributed by atoms with E-state index >= 15 is 0 Å². The highest BCUT2D eigenvalue weighted by molar-refractivity contribution is 6.30. The van der Waals surface area contributed by atoms with Gasteiger partial charge < -0.3 is 15.3 Å². The van der Waals surface area contributed by atoms with Gasteiger partial charge in [0.05, 0.1) is 24.0 Å². The Labute approximate surface area is 176 Å². The topological polar surface area (TPSA) is 109 Å². The second-order valence-electron chi connectivity index (χ2n) is 6.68. The quantitative estimate of drug-likeness (QED) is 0.581. The van der Waals surface area contributed by atoms with E-state index in [0.29, 0.717) is 29.4 Å². The van der Waals surface area contributed by atoms with Crippen molar-refractivity contribution < 1.29 is 9.84 Å². The summed E-state index contributed by atoms with van der Waals surface area (Å²) in [5, 5.41) is 15.5. The van der Waals surface area contributed by atoms with Gasteiger partial charge in [-0.05, 0) is 37.3 Å². The average molecular weight is 427 g/mol. The van der Waals surface area contributed by atoms with E-state index in [4.69, 9.17) is 16.3 Å². The van der Waals surface area contributed by atoms with Gasteiger partial charge in [-0.2, -0.15) is 5.10 Å². The van der Waals surface area contributed by atoms with Gasteiger partial charge in [0.15, 0.2) is 0 Å². The number of rotatable bonds is 5. The zero-order valence-corrected chi connectivity index (χ0v) is 16.8. The number of hydrogen-bond acceptors (Lipinski definition) is 6. The van der Waals surface area contributed by atoms with E-state index in [2.05, 4.69) is 15.5 Å². The molecule has 2 heterocycles. The number of H-pyrrole nitrogens is 1. The normalized spacial score (nSPS) is 15.5. The Kier molecular flexibility index (Phi) is 5.33. The van der Waals surface area contributed by atoms with E-state index in [0.717, 1.165) is 15.9 Å². The van der Waals surface area contributed by atoms with Crippen molar-refractivity contribution in [2.75, 3.05) is 6.61 Å². The van der Waals surface area contributed by atoms with E-state index in [1.807, 2.05) is 31.2 Å². The summed E-state index contributed by atoms with van der Waals surface area (Å²) in [6.07, 6.45) is 0.333. The van der Waals surface area contributed by atoms with Crippen molar-refractivity contribution in [3.05, 3.63) is 85.5 Å². The first-order valence-corrected chi connectivity index (χ1v) is 9.75. The molecule has 2 aromatic carbocycles. The molecule has 1 aliphatic rings. The fourth-order valence-electron chi connectivity index (χ4n) is 3.45. The highest BCUT2D eigenvalue weighted by Gasteiger charge is 2.29. The molecule has 30 heavy (non-hydrogen) atoms. The molecule has 0 aliphatic carbocycles. The van der Waals surface area contributed by atoms with Crippen LogP contribution >= 0.6 is 11.6 Å². The molecule has 1 atom stereocenters. The Morgan fingerprint density at radius 1 is 1.20 bits per heavy atom. The van der Waals surface area contributed by atoms with Crippen molar-refractivity contribution in [2.45, 2.75) is 19.4 Å². The van der Waals surface area contributed by atoms with Crippen LogP contribution < -0.4 is 21.4 Å². The van der Waals surface area contributed by atoms with Crippen LogP contribution in [-0.2, 0) is 0 Å². The summed E-state index contributed by atoms with van der Waals surface area (Å²) in [5.41, 5.74) is 3.07. The van der Waals surface area contributed by atoms with Crippen LogP contribution in [0.4, 0.5) is 0 Å². The van der Waals surface area contributed by atoms with Gasteiger partial charge in [-0.3, -0.25) is 9.78 Å². The summed E-state index contributed by atoms with van der Waals surface area (Å²) >= 11 is 5.90. The lowest BCUT2D eigenvalue weighted by atomic mass is 9.99. The van der Waals surface area contributed by atoms with Gasteiger partial charge in [0.1, 0.15) is 11.3 Å². The van der Waals surface area contributed by atoms with Crippen molar-refractivity contribution in [1.29, 1.82) is 0 Å². The molecule has 154 valence electrons. The third-order valence-electron chi connectivity index (χ3n) is 4.81. The molecule has 3 N–H and O–H groups in total. The summed E-state index contributed by atoms with van der Waals surface area (Å²) < 4.78 is 6.69. The van der Waals surface area contributed by atoms with Crippen LogP contribution in [-0.4, -0.2) is 27.0 Å². The van der Waals surface area contributed by atoms with E-state index in [1.54, 1.807) is 24.3 Å². The average Bonchev–Trinajstić information content (AvgIpc) is 3.19. The molecule has 1 aliphatic heterocycles. The Bertz CT molecular complexity index is 1230. The van der Waals surface area contributed by atoms with Gasteiger partial charge in [-0.1, -0.05) is 29.8 Å². The Hall–Kier alpha value is -3.52. The van der Waals surface area contributed by atoms with Crippen LogP contribution in [0.3, 0.4) is 0 Å². The number of aromatic amines is 1. The lowest BCUT2D eigenvalue weighted by Crippen LogP contribution is -2.33. The van der Waals surface area contributed by atoms with Gasteiger partial charge in [0.25, 0.3) is 5.56 Å². The maximum atomic E-state index is 12.5. The minimum atomic E-state index is -0.756. The number of nitrogens with one attached hydrogen (secondary N) is 2. The SMILES string of the molecule is CCOc1ccccc1C1CC(c2c(O)n(-c3ccc(Cl)cc3)c(=O)[nH]c2=O)=NN1. The summed E-state index contributed by atoms with van der Waals surface area (Å²) in [6.45, 7) is 2.42. The summed E-state index contributed by atoms with van der Waals surface area (Å²) in [4.78, 5) is 27.1. The zero-order chi connectivity index (χ0) is 21.3. The van der Waals surface area contributed by atoms with E-state index in [9.17, 15) is 14.7 Å². The second kappa shape index (κ2) is 8.08. The number of hydrazone groups is 1. The maximum absolute atomic E-state index is 12.5. The van der Waals surface area contributed by atoms with Crippen molar-refractivity contribution >= 4 is 17.3 Å². The van der Waals surface area contributed by atoms with Gasteiger partial charge in [-0.15, -0.1) is 0 Å². The molecule has 0 radical (unpaired) electrons. The lowest BCUT2D eigenvalue weighted by molar-refractivity contribution is 0.332. The minimum Gasteiger partial charge on any atom is -0.494 e. The first kappa shape index (κ1) is 19.8. The fraction of sp³-hybridized carbons (Fsp3) is 0.190. The van der Waals surface area contributed by atoms with Gasteiger partial charge >= 0.3 is 5.69 Å². The van der Waals surface area contributed by atoms with Crippen LogP contribution in [0.25, 0.3) is 5.69 Å². The van der Waals surface area contributed by atoms with Gasteiger partial charge in [0, 0.05) is 17.0 Å². The number of halogens is 1. The summed E-state index contributed by atoms with van der Waals surface area (Å²) in [6, 6.07) is 13.6. The van der Waals surface area contributed by atoms with Gasteiger partial charge in [-0.25, -0.2) is 9.36 Å². The molecule has 0 saturated carbocycles. The monoisotopic (exact) mass is 426 g/mol. The molecular formula is C21H19ClN4O4. The molecule has 0 amide bonds. The number of hydrogen-bond donors (Lipinski definition) is 3. The number of aromatic hydroxyl groups is 1. The van der Waals surface area contributed by atoms with Crippen LogP contribution in [0.15, 0.2) is 63.2 Å². The number of ether oxygens (including phenoxy) is 1. The molecule has 4 rings (SSSR count). The Morgan fingerprint density at radius 2 is 1.93 bits per heavy atom. The summed E-state index contributed by atoms with van der Waals surface area (Å²) in [7, 11) is 0. The molecule has 0 spiro atoms. The summed E-state index contributed by atoms with van der Waals surface area (Å²) in [5.74, 6) is 0.239. The first-order valence-electron chi connectivity index (χ1n) is 9.38. The van der Waals surface area contributed by atoms with Crippen molar-refractivity contribution in [3.63, 3.8) is 0 Å². The third kappa shape index (κ3) is 3.57. The van der Waals surface area contributed by atoms with Crippen molar-refractivity contribution in [1.82, 2.24) is 15.0 Å². The number of para-hydroxylation sites is 1. The predicted molar refractivity (Wildman–Crippen MR) is 114 cm³/mol. The highest BCUT2D eigenvalue weighted by Crippen LogP contribution is 2.32. The molecule has 0 fully saturated rings. The molecule has 3 aromatic rings. The molecule has 0 bridgehead atoms. The number of benzene rings is 2. The highest BCUT2D eigenvalue weighted by atomic mass is 35.5. The van der Waals surface area contributed by atoms with Crippen LogP contribution in [0, 0.1) is 0 Å². The van der Waals surface area contributed by atoms with Crippen LogP contribution in [0.5, 0.6) is 11.6 Å². The molecule has 0 saturated heterocycles. The van der Waals surface area contributed by atoms with E-state index in [-0.39, 0.29) is 11.6 Å². The molecule has 1 aromatic heterocycles. The predicted octanol–water partition coefficient (Wildman–Crippen LogP) is 2.72. The molecule has 1 unspecified atom stereocenters. The fourth-order valence-corrected chi connectivity index (χ4v) is 3.57. The van der Waals surface area contributed by atoms with E-state index in [1.165, 1.54) is 0 Å². The zero-order valence-electron chi connectivity index (χ0n) is 16.1. The molecule has 9 heteroatoms. The number of nitrogens with zero attached hydrogens (tertiary/aromatic N) is 2. The molecule has 8 nitrogen and oxygen atoms in total. The Morgan fingerprint density at radius 3 is 2.67 bits per heavy atom.